The SMILES string of the molecule is CCOC(=O)N1CCN(C(=O)/C(=C/c2ccc(F)cc2)c2cccs2)CC1. The minimum Gasteiger partial charge on any atom is -0.450 e. The van der Waals surface area contributed by atoms with Crippen LogP contribution in [0.25, 0.3) is 11.6 Å². The van der Waals surface area contributed by atoms with Gasteiger partial charge in [-0.05, 0) is 42.1 Å². The van der Waals surface area contributed by atoms with E-state index < -0.39 is 0 Å². The summed E-state index contributed by atoms with van der Waals surface area (Å²) in [4.78, 5) is 29.2. The molecule has 0 radical (unpaired) electrons. The van der Waals surface area contributed by atoms with Crippen LogP contribution in [0.2, 0.25) is 0 Å². The lowest BCUT2D eigenvalue weighted by atomic mass is 10.1. The molecule has 7 heteroatoms. The predicted octanol–water partition coefficient (Wildman–Crippen LogP) is 3.73. The molecule has 1 aromatic heterocycles. The molecule has 1 saturated heterocycles. The van der Waals surface area contributed by atoms with Crippen molar-refractivity contribution in [3.8, 4) is 0 Å². The van der Waals surface area contributed by atoms with E-state index in [-0.39, 0.29) is 17.8 Å². The van der Waals surface area contributed by atoms with E-state index >= 15 is 0 Å². The Hall–Kier alpha value is -2.67. The van der Waals surface area contributed by atoms with Crippen LogP contribution in [0.5, 0.6) is 0 Å². The molecular formula is C20H21FN2O3S. The van der Waals surface area contributed by atoms with E-state index in [2.05, 4.69) is 0 Å². The Balaban J connectivity index is 1.77. The highest BCUT2D eigenvalue weighted by Gasteiger charge is 2.27. The van der Waals surface area contributed by atoms with Gasteiger partial charge in [0.25, 0.3) is 5.91 Å². The molecule has 0 atom stereocenters. The standard InChI is InChI=1S/C20H21FN2O3S/c1-2-26-20(25)23-11-9-22(10-12-23)19(24)17(18-4-3-13-27-18)14-15-5-7-16(21)8-6-15/h3-8,13-14H,2,9-12H2,1H3/b17-14+. The van der Waals surface area contributed by atoms with Crippen LogP contribution in [0.1, 0.15) is 17.4 Å². The van der Waals surface area contributed by atoms with Crippen molar-refractivity contribution in [3.05, 3.63) is 58.0 Å². The molecule has 2 aromatic rings. The van der Waals surface area contributed by atoms with Crippen LogP contribution in [0.15, 0.2) is 41.8 Å². The number of nitrogens with zero attached hydrogens (tertiary/aromatic N) is 2. The summed E-state index contributed by atoms with van der Waals surface area (Å²) in [6, 6.07) is 9.84. The molecule has 0 unspecified atom stereocenters. The number of carbonyl (C=O) groups excluding carboxylic acids is 2. The third-order valence-corrected chi connectivity index (χ3v) is 5.19. The molecule has 0 bridgehead atoms. The zero-order valence-corrected chi connectivity index (χ0v) is 15.9. The van der Waals surface area contributed by atoms with Gasteiger partial charge in [-0.15, -0.1) is 11.3 Å². The van der Waals surface area contributed by atoms with Gasteiger partial charge < -0.3 is 14.5 Å². The van der Waals surface area contributed by atoms with Crippen LogP contribution in [0, 0.1) is 5.82 Å². The number of halogens is 1. The Morgan fingerprint density at radius 1 is 1.11 bits per heavy atom. The van der Waals surface area contributed by atoms with Gasteiger partial charge in [-0.25, -0.2) is 9.18 Å². The minimum atomic E-state index is -0.343. The van der Waals surface area contributed by atoms with Crippen molar-refractivity contribution in [2.45, 2.75) is 6.92 Å². The summed E-state index contributed by atoms with van der Waals surface area (Å²) < 4.78 is 18.2. The number of amides is 2. The first kappa shape index (κ1) is 19.1. The number of rotatable bonds is 4. The van der Waals surface area contributed by atoms with Crippen molar-refractivity contribution in [2.24, 2.45) is 0 Å². The van der Waals surface area contributed by atoms with Gasteiger partial charge in [-0.3, -0.25) is 4.79 Å². The average Bonchev–Trinajstić information content (AvgIpc) is 3.22. The summed E-state index contributed by atoms with van der Waals surface area (Å²) in [5, 5.41) is 1.92. The average molecular weight is 388 g/mol. The van der Waals surface area contributed by atoms with Crippen molar-refractivity contribution in [1.29, 1.82) is 0 Å². The lowest BCUT2D eigenvalue weighted by molar-refractivity contribution is -0.126. The van der Waals surface area contributed by atoms with Gasteiger partial charge in [-0.2, -0.15) is 0 Å². The second-order valence-corrected chi connectivity index (χ2v) is 7.01. The van der Waals surface area contributed by atoms with E-state index in [9.17, 15) is 14.0 Å². The predicted molar refractivity (Wildman–Crippen MR) is 104 cm³/mol. The molecular weight excluding hydrogens is 367 g/mol. The van der Waals surface area contributed by atoms with Crippen molar-refractivity contribution in [1.82, 2.24) is 9.80 Å². The van der Waals surface area contributed by atoms with Crippen LogP contribution in [-0.2, 0) is 9.53 Å². The normalized spacial score (nSPS) is 15.0. The minimum absolute atomic E-state index is 0.0923. The molecule has 27 heavy (non-hydrogen) atoms. The van der Waals surface area contributed by atoms with Gasteiger partial charge in [0.2, 0.25) is 0 Å². The molecule has 2 heterocycles. The van der Waals surface area contributed by atoms with Crippen molar-refractivity contribution in [3.63, 3.8) is 0 Å². The van der Waals surface area contributed by atoms with Crippen LogP contribution < -0.4 is 0 Å². The second kappa shape index (κ2) is 8.81. The van der Waals surface area contributed by atoms with E-state index in [0.29, 0.717) is 38.4 Å². The van der Waals surface area contributed by atoms with Crippen molar-refractivity contribution in [2.75, 3.05) is 32.8 Å². The van der Waals surface area contributed by atoms with Gasteiger partial charge in [0.15, 0.2) is 0 Å². The van der Waals surface area contributed by atoms with Crippen LogP contribution in [0.4, 0.5) is 9.18 Å². The summed E-state index contributed by atoms with van der Waals surface area (Å²) in [6.45, 7) is 3.89. The third kappa shape index (κ3) is 4.74. The smallest absolute Gasteiger partial charge is 0.409 e. The summed E-state index contributed by atoms with van der Waals surface area (Å²) in [5.74, 6) is -0.406. The highest BCUT2D eigenvalue weighted by molar-refractivity contribution is 7.11. The number of piperazine rings is 1. The fourth-order valence-corrected chi connectivity index (χ4v) is 3.61. The summed E-state index contributed by atoms with van der Waals surface area (Å²) in [7, 11) is 0. The largest absolute Gasteiger partial charge is 0.450 e. The maximum atomic E-state index is 13.2. The number of carbonyl (C=O) groups is 2. The Kier molecular flexibility index (Phi) is 6.24. The van der Waals surface area contributed by atoms with E-state index in [0.717, 1.165) is 10.4 Å². The Morgan fingerprint density at radius 2 is 1.78 bits per heavy atom. The van der Waals surface area contributed by atoms with Crippen molar-refractivity contribution < 1.29 is 18.7 Å². The molecule has 0 aliphatic carbocycles. The molecule has 2 amide bonds. The first-order valence-electron chi connectivity index (χ1n) is 8.80. The number of ether oxygens (including phenoxy) is 1. The molecule has 1 aromatic carbocycles. The van der Waals surface area contributed by atoms with Gasteiger partial charge >= 0.3 is 6.09 Å². The van der Waals surface area contributed by atoms with E-state index in [1.165, 1.54) is 23.5 Å². The summed E-state index contributed by atoms with van der Waals surface area (Å²) in [6.07, 6.45) is 1.44. The fourth-order valence-electron chi connectivity index (χ4n) is 2.87. The Morgan fingerprint density at radius 3 is 2.37 bits per heavy atom. The summed E-state index contributed by atoms with van der Waals surface area (Å²) >= 11 is 1.48. The first-order chi connectivity index (χ1) is 13.1. The van der Waals surface area contributed by atoms with Crippen molar-refractivity contribution >= 4 is 35.0 Å². The zero-order chi connectivity index (χ0) is 19.2. The fraction of sp³-hybridized carbons (Fsp3) is 0.300. The van der Waals surface area contributed by atoms with Gasteiger partial charge in [-0.1, -0.05) is 18.2 Å². The van der Waals surface area contributed by atoms with Gasteiger partial charge in [0.1, 0.15) is 5.82 Å². The Labute approximate surface area is 161 Å². The topological polar surface area (TPSA) is 49.9 Å². The highest BCUT2D eigenvalue weighted by atomic mass is 32.1. The number of hydrogen-bond donors (Lipinski definition) is 0. The third-order valence-electron chi connectivity index (χ3n) is 4.29. The number of thiophene rings is 1. The lowest BCUT2D eigenvalue weighted by Crippen LogP contribution is -2.50. The molecule has 3 rings (SSSR count). The molecule has 0 spiro atoms. The van der Waals surface area contributed by atoms with E-state index in [1.807, 2.05) is 17.5 Å². The number of benzene rings is 1. The summed E-state index contributed by atoms with van der Waals surface area (Å²) in [5.41, 5.74) is 1.33. The molecule has 1 aliphatic heterocycles. The van der Waals surface area contributed by atoms with Crippen LogP contribution in [0.3, 0.4) is 0 Å². The molecule has 1 fully saturated rings. The van der Waals surface area contributed by atoms with Crippen LogP contribution in [-0.4, -0.2) is 54.6 Å². The van der Waals surface area contributed by atoms with Gasteiger partial charge in [0.05, 0.1) is 12.2 Å². The second-order valence-electron chi connectivity index (χ2n) is 6.07. The molecule has 5 nitrogen and oxygen atoms in total. The molecule has 142 valence electrons. The lowest BCUT2D eigenvalue weighted by Gasteiger charge is -2.34. The van der Waals surface area contributed by atoms with Crippen LogP contribution >= 0.6 is 11.3 Å². The zero-order valence-electron chi connectivity index (χ0n) is 15.1. The quantitative estimate of drug-likeness (QED) is 0.750. The maximum Gasteiger partial charge on any atom is 0.409 e. The van der Waals surface area contributed by atoms with Gasteiger partial charge in [0, 0.05) is 31.1 Å². The first-order valence-corrected chi connectivity index (χ1v) is 9.68. The number of hydrogen-bond acceptors (Lipinski definition) is 4. The highest BCUT2D eigenvalue weighted by Crippen LogP contribution is 2.26. The van der Waals surface area contributed by atoms with E-state index in [1.54, 1.807) is 34.9 Å². The monoisotopic (exact) mass is 388 g/mol. The molecule has 0 N–H and O–H groups in total. The maximum absolute atomic E-state index is 13.2. The molecule has 0 saturated carbocycles. The Bertz CT molecular complexity index is 810. The molecule has 1 aliphatic rings. The van der Waals surface area contributed by atoms with E-state index in [4.69, 9.17) is 4.74 Å².